The van der Waals surface area contributed by atoms with Crippen LogP contribution in [0.4, 0.5) is 0 Å². The fraction of sp³-hybridized carbons (Fsp3) is 0.176. The summed E-state index contributed by atoms with van der Waals surface area (Å²) in [7, 11) is 3.01. The third-order valence-electron chi connectivity index (χ3n) is 3.51. The van der Waals surface area contributed by atoms with Crippen LogP contribution >= 0.6 is 11.6 Å². The van der Waals surface area contributed by atoms with Gasteiger partial charge in [-0.25, -0.2) is 5.43 Å². The highest BCUT2D eigenvalue weighted by atomic mass is 35.5. The van der Waals surface area contributed by atoms with Crippen LogP contribution in [0.1, 0.15) is 15.9 Å². The lowest BCUT2D eigenvalue weighted by Gasteiger charge is -2.09. The van der Waals surface area contributed by atoms with Gasteiger partial charge in [0.15, 0.2) is 11.5 Å². The van der Waals surface area contributed by atoms with E-state index in [0.29, 0.717) is 39.1 Å². The molecule has 2 aromatic rings. The molecule has 1 aliphatic heterocycles. The van der Waals surface area contributed by atoms with Crippen LogP contribution in [-0.2, 0) is 0 Å². The summed E-state index contributed by atoms with van der Waals surface area (Å²) in [4.78, 5) is 12.3. The maximum atomic E-state index is 12.3. The van der Waals surface area contributed by atoms with E-state index in [0.717, 1.165) is 0 Å². The zero-order valence-corrected chi connectivity index (χ0v) is 14.3. The number of nitrogens with one attached hydrogen (secondary N) is 1. The molecule has 1 heterocycles. The average Bonchev–Trinajstić information content (AvgIpc) is 3.08. The number of hydrogen-bond acceptors (Lipinski definition) is 6. The lowest BCUT2D eigenvalue weighted by Crippen LogP contribution is -2.18. The van der Waals surface area contributed by atoms with Crippen molar-refractivity contribution in [3.05, 3.63) is 46.5 Å². The number of fused-ring (bicyclic) bond motifs is 1. The number of hydrogen-bond donors (Lipinski definition) is 1. The molecule has 1 amide bonds. The first-order valence-corrected chi connectivity index (χ1v) is 7.64. The number of carbonyl (C=O) groups is 1. The van der Waals surface area contributed by atoms with Gasteiger partial charge in [0.1, 0.15) is 11.5 Å². The van der Waals surface area contributed by atoms with Gasteiger partial charge in [-0.2, -0.15) is 5.10 Å². The summed E-state index contributed by atoms with van der Waals surface area (Å²) in [6.07, 6.45) is 1.43. The second kappa shape index (κ2) is 7.31. The minimum atomic E-state index is -0.424. The zero-order valence-electron chi connectivity index (χ0n) is 13.5. The highest BCUT2D eigenvalue weighted by molar-refractivity contribution is 6.33. The standard InChI is InChI=1S/C17H15ClN2O5/c1-22-11-3-4-12(14(6-11)23-2)17(21)20-19-8-10-5-15-16(7-13(10)18)25-9-24-15/h3-8H,9H2,1-2H3,(H,20,21)/b19-8-. The number of hydrazone groups is 1. The van der Waals surface area contributed by atoms with Gasteiger partial charge in [-0.1, -0.05) is 11.6 Å². The number of ether oxygens (including phenoxy) is 4. The molecule has 0 bridgehead atoms. The van der Waals surface area contributed by atoms with Crippen LogP contribution in [0.15, 0.2) is 35.4 Å². The molecule has 0 spiro atoms. The number of rotatable bonds is 5. The first-order chi connectivity index (χ1) is 12.1. The Hall–Kier alpha value is -2.93. The molecule has 0 saturated carbocycles. The Morgan fingerprint density at radius 1 is 1.20 bits per heavy atom. The third kappa shape index (κ3) is 3.61. The predicted molar refractivity (Wildman–Crippen MR) is 92.2 cm³/mol. The van der Waals surface area contributed by atoms with E-state index in [-0.39, 0.29) is 6.79 Å². The van der Waals surface area contributed by atoms with Crippen molar-refractivity contribution in [2.45, 2.75) is 0 Å². The highest BCUT2D eigenvalue weighted by Crippen LogP contribution is 2.36. The summed E-state index contributed by atoms with van der Waals surface area (Å²) < 4.78 is 20.8. The second-order valence-corrected chi connectivity index (χ2v) is 5.40. The highest BCUT2D eigenvalue weighted by Gasteiger charge is 2.16. The zero-order chi connectivity index (χ0) is 17.8. The van der Waals surface area contributed by atoms with Crippen molar-refractivity contribution in [3.63, 3.8) is 0 Å². The van der Waals surface area contributed by atoms with Gasteiger partial charge in [0, 0.05) is 17.7 Å². The minimum absolute atomic E-state index is 0.153. The van der Waals surface area contributed by atoms with E-state index in [9.17, 15) is 4.79 Å². The number of carbonyl (C=O) groups excluding carboxylic acids is 1. The van der Waals surface area contributed by atoms with Crippen molar-refractivity contribution >= 4 is 23.7 Å². The van der Waals surface area contributed by atoms with Crippen molar-refractivity contribution in [2.24, 2.45) is 5.10 Å². The van der Waals surface area contributed by atoms with Crippen LogP contribution in [0.5, 0.6) is 23.0 Å². The molecule has 3 rings (SSSR count). The molecule has 1 aliphatic rings. The first-order valence-electron chi connectivity index (χ1n) is 7.27. The summed E-state index contributed by atoms with van der Waals surface area (Å²) in [5.74, 6) is 1.70. The van der Waals surface area contributed by atoms with Crippen LogP contribution < -0.4 is 24.4 Å². The average molecular weight is 363 g/mol. The quantitative estimate of drug-likeness (QED) is 0.653. The number of benzene rings is 2. The number of halogens is 1. The molecule has 1 N–H and O–H groups in total. The number of methoxy groups -OCH3 is 2. The minimum Gasteiger partial charge on any atom is -0.497 e. The Bertz CT molecular complexity index is 838. The number of amides is 1. The van der Waals surface area contributed by atoms with Crippen LogP contribution in [0.3, 0.4) is 0 Å². The van der Waals surface area contributed by atoms with Crippen molar-refractivity contribution in [1.29, 1.82) is 0 Å². The van der Waals surface area contributed by atoms with Crippen molar-refractivity contribution in [2.75, 3.05) is 21.0 Å². The molecular weight excluding hydrogens is 348 g/mol. The van der Waals surface area contributed by atoms with Crippen LogP contribution in [0.25, 0.3) is 0 Å². The Kier molecular flexibility index (Phi) is 4.95. The molecule has 2 aromatic carbocycles. The molecule has 0 unspecified atom stereocenters. The monoisotopic (exact) mass is 362 g/mol. The van der Waals surface area contributed by atoms with Crippen molar-refractivity contribution in [3.8, 4) is 23.0 Å². The van der Waals surface area contributed by atoms with E-state index in [1.165, 1.54) is 20.4 Å². The molecule has 130 valence electrons. The van der Waals surface area contributed by atoms with Crippen LogP contribution in [-0.4, -0.2) is 33.1 Å². The molecule has 8 heteroatoms. The van der Waals surface area contributed by atoms with Gasteiger partial charge in [0.2, 0.25) is 6.79 Å². The van der Waals surface area contributed by atoms with E-state index in [2.05, 4.69) is 10.5 Å². The lowest BCUT2D eigenvalue weighted by molar-refractivity contribution is 0.0952. The smallest absolute Gasteiger partial charge is 0.275 e. The molecule has 25 heavy (non-hydrogen) atoms. The second-order valence-electron chi connectivity index (χ2n) is 4.99. The summed E-state index contributed by atoms with van der Waals surface area (Å²) >= 11 is 6.15. The van der Waals surface area contributed by atoms with Gasteiger partial charge in [0.25, 0.3) is 5.91 Å². The fourth-order valence-electron chi connectivity index (χ4n) is 2.24. The predicted octanol–water partition coefficient (Wildman–Crippen LogP) is 2.85. The maximum Gasteiger partial charge on any atom is 0.275 e. The Morgan fingerprint density at radius 3 is 2.68 bits per heavy atom. The van der Waals surface area contributed by atoms with Gasteiger partial charge in [-0.3, -0.25) is 4.79 Å². The molecule has 0 fully saturated rings. The Labute approximate surface area is 149 Å². The summed E-state index contributed by atoms with van der Waals surface area (Å²) in [6, 6.07) is 8.20. The molecule has 0 atom stereocenters. The topological polar surface area (TPSA) is 78.4 Å². The van der Waals surface area contributed by atoms with E-state index in [1.54, 1.807) is 30.3 Å². The summed E-state index contributed by atoms with van der Waals surface area (Å²) in [6.45, 7) is 0.153. The Balaban J connectivity index is 1.73. The SMILES string of the molecule is COc1ccc(C(=O)N/N=C\c2cc3c(cc2Cl)OCO3)c(OC)c1. The lowest BCUT2D eigenvalue weighted by atomic mass is 10.2. The number of nitrogens with zero attached hydrogens (tertiary/aromatic N) is 1. The molecule has 0 aliphatic carbocycles. The largest absolute Gasteiger partial charge is 0.497 e. The van der Waals surface area contributed by atoms with Crippen LogP contribution in [0.2, 0.25) is 5.02 Å². The maximum absolute atomic E-state index is 12.3. The molecule has 0 aromatic heterocycles. The van der Waals surface area contributed by atoms with Crippen molar-refractivity contribution in [1.82, 2.24) is 5.43 Å². The fourth-order valence-corrected chi connectivity index (χ4v) is 2.44. The van der Waals surface area contributed by atoms with Crippen molar-refractivity contribution < 1.29 is 23.7 Å². The van der Waals surface area contributed by atoms with E-state index in [4.69, 9.17) is 30.5 Å². The summed E-state index contributed by atoms with van der Waals surface area (Å²) in [5.41, 5.74) is 3.35. The molecule has 0 radical (unpaired) electrons. The molecular formula is C17H15ClN2O5. The van der Waals surface area contributed by atoms with E-state index >= 15 is 0 Å². The normalized spacial score (nSPS) is 12.3. The van der Waals surface area contributed by atoms with Gasteiger partial charge in [-0.05, 0) is 18.2 Å². The third-order valence-corrected chi connectivity index (χ3v) is 3.84. The Morgan fingerprint density at radius 2 is 1.96 bits per heavy atom. The van der Waals surface area contributed by atoms with E-state index in [1.807, 2.05) is 0 Å². The van der Waals surface area contributed by atoms with Gasteiger partial charge < -0.3 is 18.9 Å². The first kappa shape index (κ1) is 16.9. The van der Waals surface area contributed by atoms with E-state index < -0.39 is 5.91 Å². The molecule has 7 nitrogen and oxygen atoms in total. The molecule has 0 saturated heterocycles. The summed E-state index contributed by atoms with van der Waals surface area (Å²) in [5, 5.41) is 4.36. The van der Waals surface area contributed by atoms with Gasteiger partial charge in [0.05, 0.1) is 31.0 Å². The van der Waals surface area contributed by atoms with Crippen LogP contribution in [0, 0.1) is 0 Å². The van der Waals surface area contributed by atoms with Gasteiger partial charge in [-0.15, -0.1) is 0 Å². The van der Waals surface area contributed by atoms with Gasteiger partial charge >= 0.3 is 0 Å².